The lowest BCUT2D eigenvalue weighted by atomic mass is 10.1. The fourth-order valence-corrected chi connectivity index (χ4v) is 2.15. The van der Waals surface area contributed by atoms with E-state index in [4.69, 9.17) is 0 Å². The molecule has 1 aromatic carbocycles. The molecule has 2 heterocycles. The highest BCUT2D eigenvalue weighted by molar-refractivity contribution is 5.85. The minimum atomic E-state index is 0. The van der Waals surface area contributed by atoms with E-state index in [1.165, 1.54) is 0 Å². The Bertz CT molecular complexity index is 495. The molecule has 1 aromatic heterocycles. The molecule has 0 bridgehead atoms. The summed E-state index contributed by atoms with van der Waals surface area (Å²) in [5, 5.41) is 12.0. The Hall–Kier alpha value is -1.65. The quantitative estimate of drug-likeness (QED) is 0.911. The minimum absolute atomic E-state index is 0. The third-order valence-corrected chi connectivity index (χ3v) is 3.16. The van der Waals surface area contributed by atoms with Crippen molar-refractivity contribution in [2.75, 3.05) is 31.1 Å². The van der Waals surface area contributed by atoms with Crippen LogP contribution in [-0.4, -0.2) is 36.4 Å². The second-order valence-electron chi connectivity index (χ2n) is 4.38. The summed E-state index contributed by atoms with van der Waals surface area (Å²) in [6.07, 6.45) is 0. The number of rotatable bonds is 2. The summed E-state index contributed by atoms with van der Waals surface area (Å²) in [6, 6.07) is 14.2. The van der Waals surface area contributed by atoms with Crippen molar-refractivity contribution in [3.8, 4) is 11.3 Å². The molecule has 19 heavy (non-hydrogen) atoms. The van der Waals surface area contributed by atoms with Gasteiger partial charge in [-0.1, -0.05) is 30.3 Å². The number of nitrogens with zero attached hydrogens (tertiary/aromatic N) is 3. The maximum Gasteiger partial charge on any atom is 0.151 e. The van der Waals surface area contributed by atoms with Crippen LogP contribution in [0.25, 0.3) is 11.3 Å². The normalized spacial score (nSPS) is 14.8. The summed E-state index contributed by atoms with van der Waals surface area (Å²) in [7, 11) is 0. The van der Waals surface area contributed by atoms with Gasteiger partial charge in [-0.3, -0.25) is 0 Å². The van der Waals surface area contributed by atoms with Crippen LogP contribution in [0.4, 0.5) is 5.82 Å². The number of anilines is 1. The van der Waals surface area contributed by atoms with Crippen molar-refractivity contribution in [2.24, 2.45) is 0 Å². The average molecular weight is 277 g/mol. The Morgan fingerprint density at radius 3 is 2.26 bits per heavy atom. The molecule has 3 rings (SSSR count). The number of hydrogen-bond acceptors (Lipinski definition) is 4. The summed E-state index contributed by atoms with van der Waals surface area (Å²) >= 11 is 0. The van der Waals surface area contributed by atoms with Crippen molar-refractivity contribution >= 4 is 18.2 Å². The molecule has 1 N–H and O–H groups in total. The third-order valence-electron chi connectivity index (χ3n) is 3.16. The van der Waals surface area contributed by atoms with Crippen molar-refractivity contribution in [3.63, 3.8) is 0 Å². The second kappa shape index (κ2) is 6.50. The SMILES string of the molecule is Cl.c1ccc(-c2ccc(N3CCNCC3)nn2)cc1. The second-order valence-corrected chi connectivity index (χ2v) is 4.38. The summed E-state index contributed by atoms with van der Waals surface area (Å²) in [4.78, 5) is 2.26. The van der Waals surface area contributed by atoms with Crippen molar-refractivity contribution in [2.45, 2.75) is 0 Å². The first-order chi connectivity index (χ1) is 8.93. The van der Waals surface area contributed by atoms with E-state index < -0.39 is 0 Å². The molecule has 0 spiro atoms. The van der Waals surface area contributed by atoms with Crippen molar-refractivity contribution < 1.29 is 0 Å². The first kappa shape index (κ1) is 13.8. The van der Waals surface area contributed by atoms with E-state index >= 15 is 0 Å². The fourth-order valence-electron chi connectivity index (χ4n) is 2.15. The fraction of sp³-hybridized carbons (Fsp3) is 0.286. The van der Waals surface area contributed by atoms with Gasteiger partial charge in [-0.25, -0.2) is 0 Å². The Morgan fingerprint density at radius 1 is 0.895 bits per heavy atom. The topological polar surface area (TPSA) is 41.0 Å². The van der Waals surface area contributed by atoms with Gasteiger partial charge in [0.2, 0.25) is 0 Å². The molecule has 0 aliphatic carbocycles. The van der Waals surface area contributed by atoms with Gasteiger partial charge >= 0.3 is 0 Å². The summed E-state index contributed by atoms with van der Waals surface area (Å²) < 4.78 is 0. The Morgan fingerprint density at radius 2 is 1.63 bits per heavy atom. The molecule has 0 atom stereocenters. The zero-order chi connectivity index (χ0) is 12.2. The molecule has 1 aliphatic rings. The number of piperazine rings is 1. The van der Waals surface area contributed by atoms with Gasteiger partial charge in [0.25, 0.3) is 0 Å². The monoisotopic (exact) mass is 276 g/mol. The molecule has 0 radical (unpaired) electrons. The van der Waals surface area contributed by atoms with E-state index in [1.807, 2.05) is 24.3 Å². The largest absolute Gasteiger partial charge is 0.353 e. The molecular weight excluding hydrogens is 260 g/mol. The molecule has 0 saturated carbocycles. The number of nitrogens with one attached hydrogen (secondary N) is 1. The Labute approximate surface area is 119 Å². The van der Waals surface area contributed by atoms with Gasteiger partial charge in [0.15, 0.2) is 5.82 Å². The van der Waals surface area contributed by atoms with Gasteiger partial charge in [0.1, 0.15) is 0 Å². The van der Waals surface area contributed by atoms with Gasteiger partial charge in [0, 0.05) is 31.7 Å². The zero-order valence-electron chi connectivity index (χ0n) is 10.6. The van der Waals surface area contributed by atoms with Crippen molar-refractivity contribution in [3.05, 3.63) is 42.5 Å². The third kappa shape index (κ3) is 3.22. The highest BCUT2D eigenvalue weighted by Gasteiger charge is 2.11. The van der Waals surface area contributed by atoms with E-state index in [1.54, 1.807) is 0 Å². The van der Waals surface area contributed by atoms with Crippen LogP contribution >= 0.6 is 12.4 Å². The first-order valence-corrected chi connectivity index (χ1v) is 6.28. The predicted molar refractivity (Wildman–Crippen MR) is 79.8 cm³/mol. The van der Waals surface area contributed by atoms with Crippen LogP contribution in [0.5, 0.6) is 0 Å². The maximum absolute atomic E-state index is 4.33. The van der Waals surface area contributed by atoms with Gasteiger partial charge in [-0.15, -0.1) is 22.6 Å². The van der Waals surface area contributed by atoms with E-state index in [0.717, 1.165) is 43.3 Å². The number of halogens is 1. The molecular formula is C14H17ClN4. The van der Waals surface area contributed by atoms with Crippen molar-refractivity contribution in [1.82, 2.24) is 15.5 Å². The zero-order valence-corrected chi connectivity index (χ0v) is 11.4. The summed E-state index contributed by atoms with van der Waals surface area (Å²) in [5.74, 6) is 0.969. The van der Waals surface area contributed by atoms with Gasteiger partial charge in [-0.2, -0.15) is 0 Å². The first-order valence-electron chi connectivity index (χ1n) is 6.28. The summed E-state index contributed by atoms with van der Waals surface area (Å²) in [6.45, 7) is 4.03. The highest BCUT2D eigenvalue weighted by atomic mass is 35.5. The molecule has 4 nitrogen and oxygen atoms in total. The number of hydrogen-bond donors (Lipinski definition) is 1. The summed E-state index contributed by atoms with van der Waals surface area (Å²) in [5.41, 5.74) is 2.03. The molecule has 1 aliphatic heterocycles. The van der Waals surface area contributed by atoms with E-state index in [-0.39, 0.29) is 12.4 Å². The van der Waals surface area contributed by atoms with E-state index in [0.29, 0.717) is 0 Å². The number of aromatic nitrogens is 2. The van der Waals surface area contributed by atoms with Gasteiger partial charge in [-0.05, 0) is 12.1 Å². The van der Waals surface area contributed by atoms with Gasteiger partial charge in [0.05, 0.1) is 5.69 Å². The predicted octanol–water partition coefficient (Wildman–Crippen LogP) is 1.97. The van der Waals surface area contributed by atoms with Crippen molar-refractivity contribution in [1.29, 1.82) is 0 Å². The molecule has 1 fully saturated rings. The van der Waals surface area contributed by atoms with Gasteiger partial charge < -0.3 is 10.2 Å². The lowest BCUT2D eigenvalue weighted by Crippen LogP contribution is -2.43. The molecule has 1 saturated heterocycles. The number of benzene rings is 1. The Balaban J connectivity index is 0.00000133. The molecule has 5 heteroatoms. The highest BCUT2D eigenvalue weighted by Crippen LogP contribution is 2.18. The van der Waals surface area contributed by atoms with Crippen LogP contribution in [0.3, 0.4) is 0 Å². The van der Waals surface area contributed by atoms with Crippen LogP contribution in [0.1, 0.15) is 0 Å². The lowest BCUT2D eigenvalue weighted by Gasteiger charge is -2.27. The standard InChI is InChI=1S/C14H16N4.ClH/c1-2-4-12(5-3-1)13-6-7-14(17-16-13)18-10-8-15-9-11-18;/h1-7,15H,8-11H2;1H. The Kier molecular flexibility index (Phi) is 4.71. The van der Waals surface area contributed by atoms with Crippen LogP contribution in [-0.2, 0) is 0 Å². The molecule has 0 unspecified atom stereocenters. The van der Waals surface area contributed by atoms with Crippen LogP contribution < -0.4 is 10.2 Å². The van der Waals surface area contributed by atoms with Crippen LogP contribution in [0, 0.1) is 0 Å². The van der Waals surface area contributed by atoms with E-state index in [9.17, 15) is 0 Å². The van der Waals surface area contributed by atoms with E-state index in [2.05, 4.69) is 38.6 Å². The average Bonchev–Trinajstić information content (AvgIpc) is 2.49. The van der Waals surface area contributed by atoms with Crippen LogP contribution in [0.15, 0.2) is 42.5 Å². The minimum Gasteiger partial charge on any atom is -0.353 e. The van der Waals surface area contributed by atoms with Crippen LogP contribution in [0.2, 0.25) is 0 Å². The smallest absolute Gasteiger partial charge is 0.151 e. The lowest BCUT2D eigenvalue weighted by molar-refractivity contribution is 0.583. The maximum atomic E-state index is 4.33. The molecule has 100 valence electrons. The molecule has 0 amide bonds. The molecule has 2 aromatic rings.